The number of nitrogens with one attached hydrogen (secondary N) is 2. The van der Waals surface area contributed by atoms with Crippen molar-refractivity contribution in [2.75, 3.05) is 5.32 Å². The van der Waals surface area contributed by atoms with Crippen molar-refractivity contribution in [1.29, 1.82) is 0 Å². The lowest BCUT2D eigenvalue weighted by molar-refractivity contribution is -0.385. The van der Waals surface area contributed by atoms with Gasteiger partial charge in [-0.3, -0.25) is 19.7 Å². The number of carbonyl (C=O) groups excluding carboxylic acids is 2. The van der Waals surface area contributed by atoms with E-state index in [-0.39, 0.29) is 5.56 Å². The van der Waals surface area contributed by atoms with E-state index in [1.54, 1.807) is 12.1 Å². The minimum atomic E-state index is -0.986. The third-order valence-corrected chi connectivity index (χ3v) is 3.43. The number of aryl methyl sites for hydroxylation is 1. The molecule has 0 unspecified atom stereocenters. The van der Waals surface area contributed by atoms with E-state index >= 15 is 0 Å². The van der Waals surface area contributed by atoms with E-state index in [1.165, 1.54) is 6.07 Å². The number of nitrogens with zero attached hydrogens (tertiary/aromatic N) is 2. The molecule has 0 atom stereocenters. The molecule has 0 aliphatic carbocycles. The van der Waals surface area contributed by atoms with Gasteiger partial charge in [-0.15, -0.1) is 0 Å². The first-order valence-electron chi connectivity index (χ1n) is 7.62. The van der Waals surface area contributed by atoms with Crippen LogP contribution in [0.2, 0.25) is 0 Å². The standard InChI is InChI=1S/C17H16N4O5/c1-2-12-5-3-4-6-13(12)19-16(23)17(24)20-18-10-11-7-8-15(22)14(9-11)21(25)26/h3-10,22H,2H2,1H3,(H,19,23)(H,20,24)/b18-10+. The summed E-state index contributed by atoms with van der Waals surface area (Å²) in [6.45, 7) is 1.92. The Labute approximate surface area is 148 Å². The molecule has 0 saturated heterocycles. The van der Waals surface area contributed by atoms with Crippen LogP contribution in [0.5, 0.6) is 5.75 Å². The molecule has 9 nitrogen and oxygen atoms in total. The summed E-state index contributed by atoms with van der Waals surface area (Å²) in [7, 11) is 0. The quantitative estimate of drug-likeness (QED) is 0.326. The summed E-state index contributed by atoms with van der Waals surface area (Å²) in [5.74, 6) is -2.36. The molecular formula is C17H16N4O5. The zero-order chi connectivity index (χ0) is 19.1. The number of hydrazone groups is 1. The maximum absolute atomic E-state index is 11.9. The van der Waals surface area contributed by atoms with Crippen LogP contribution < -0.4 is 10.7 Å². The van der Waals surface area contributed by atoms with E-state index in [0.29, 0.717) is 12.1 Å². The highest BCUT2D eigenvalue weighted by atomic mass is 16.6. The highest BCUT2D eigenvalue weighted by Crippen LogP contribution is 2.25. The summed E-state index contributed by atoms with van der Waals surface area (Å²) >= 11 is 0. The molecule has 0 aliphatic rings. The van der Waals surface area contributed by atoms with Gasteiger partial charge in [0.25, 0.3) is 0 Å². The number of para-hydroxylation sites is 1. The fraction of sp³-hybridized carbons (Fsp3) is 0.118. The molecule has 26 heavy (non-hydrogen) atoms. The molecule has 0 fully saturated rings. The SMILES string of the molecule is CCc1ccccc1NC(=O)C(=O)N/N=C/c1ccc(O)c([N+](=O)[O-])c1. The lowest BCUT2D eigenvalue weighted by Crippen LogP contribution is -2.32. The molecule has 0 heterocycles. The van der Waals surface area contributed by atoms with Crippen molar-refractivity contribution >= 4 is 29.4 Å². The fourth-order valence-electron chi connectivity index (χ4n) is 2.11. The van der Waals surface area contributed by atoms with Gasteiger partial charge >= 0.3 is 17.5 Å². The Balaban J connectivity index is 1.99. The number of hydrogen-bond donors (Lipinski definition) is 3. The number of hydrogen-bond acceptors (Lipinski definition) is 6. The molecule has 0 spiro atoms. The molecule has 2 aromatic carbocycles. The first-order chi connectivity index (χ1) is 12.4. The van der Waals surface area contributed by atoms with Crippen molar-refractivity contribution in [3.05, 3.63) is 63.7 Å². The molecular weight excluding hydrogens is 340 g/mol. The van der Waals surface area contributed by atoms with Crippen LogP contribution in [0.4, 0.5) is 11.4 Å². The van der Waals surface area contributed by atoms with Gasteiger partial charge in [0, 0.05) is 17.3 Å². The average molecular weight is 356 g/mol. The van der Waals surface area contributed by atoms with Crippen molar-refractivity contribution in [3.8, 4) is 5.75 Å². The first kappa shape index (κ1) is 18.6. The third-order valence-electron chi connectivity index (χ3n) is 3.43. The Bertz CT molecular complexity index is 879. The van der Waals surface area contributed by atoms with Crippen LogP contribution in [-0.4, -0.2) is 28.1 Å². The highest BCUT2D eigenvalue weighted by molar-refractivity contribution is 6.39. The van der Waals surface area contributed by atoms with Gasteiger partial charge in [0.2, 0.25) is 0 Å². The summed E-state index contributed by atoms with van der Waals surface area (Å²) < 4.78 is 0. The van der Waals surface area contributed by atoms with Crippen LogP contribution in [0.15, 0.2) is 47.6 Å². The summed E-state index contributed by atoms with van der Waals surface area (Å²) in [6.07, 6.45) is 1.81. The Hall–Kier alpha value is -3.75. The van der Waals surface area contributed by atoms with Gasteiger partial charge in [-0.25, -0.2) is 5.43 Å². The van der Waals surface area contributed by atoms with Gasteiger partial charge in [0.15, 0.2) is 5.75 Å². The van der Waals surface area contributed by atoms with Crippen LogP contribution in [0.25, 0.3) is 0 Å². The minimum absolute atomic E-state index is 0.270. The van der Waals surface area contributed by atoms with Crippen molar-refractivity contribution in [3.63, 3.8) is 0 Å². The van der Waals surface area contributed by atoms with Gasteiger partial charge < -0.3 is 10.4 Å². The van der Waals surface area contributed by atoms with E-state index < -0.39 is 28.2 Å². The fourth-order valence-corrected chi connectivity index (χ4v) is 2.11. The predicted octanol–water partition coefficient (Wildman–Crippen LogP) is 1.95. The molecule has 2 amide bonds. The Morgan fingerprint density at radius 2 is 1.96 bits per heavy atom. The van der Waals surface area contributed by atoms with E-state index in [0.717, 1.165) is 23.9 Å². The maximum atomic E-state index is 11.9. The zero-order valence-electron chi connectivity index (χ0n) is 13.8. The van der Waals surface area contributed by atoms with Gasteiger partial charge in [-0.2, -0.15) is 5.10 Å². The van der Waals surface area contributed by atoms with Gasteiger partial charge in [-0.1, -0.05) is 25.1 Å². The second-order valence-corrected chi connectivity index (χ2v) is 5.17. The molecule has 0 bridgehead atoms. The number of phenolic OH excluding ortho intramolecular Hbond substituents is 1. The third kappa shape index (κ3) is 4.63. The minimum Gasteiger partial charge on any atom is -0.502 e. The van der Waals surface area contributed by atoms with E-state index in [1.807, 2.05) is 24.5 Å². The molecule has 0 aromatic heterocycles. The molecule has 0 saturated carbocycles. The molecule has 2 rings (SSSR count). The van der Waals surface area contributed by atoms with Crippen LogP contribution in [0, 0.1) is 10.1 Å². The van der Waals surface area contributed by atoms with Crippen LogP contribution >= 0.6 is 0 Å². The molecule has 0 aliphatic heterocycles. The summed E-state index contributed by atoms with van der Waals surface area (Å²) in [5.41, 5.74) is 3.23. The number of nitro groups is 1. The second kappa shape index (κ2) is 8.38. The monoisotopic (exact) mass is 356 g/mol. The molecule has 134 valence electrons. The van der Waals surface area contributed by atoms with Gasteiger partial charge in [-0.05, 0) is 30.2 Å². The number of benzene rings is 2. The highest BCUT2D eigenvalue weighted by Gasteiger charge is 2.15. The largest absolute Gasteiger partial charge is 0.502 e. The normalized spacial score (nSPS) is 10.5. The van der Waals surface area contributed by atoms with Crippen LogP contribution in [0.1, 0.15) is 18.1 Å². The van der Waals surface area contributed by atoms with Crippen molar-refractivity contribution in [2.45, 2.75) is 13.3 Å². The number of phenols is 1. The summed E-state index contributed by atoms with van der Waals surface area (Å²) in [4.78, 5) is 33.7. The van der Waals surface area contributed by atoms with Crippen molar-refractivity contribution in [2.24, 2.45) is 5.10 Å². The lowest BCUT2D eigenvalue weighted by Gasteiger charge is -2.08. The van der Waals surface area contributed by atoms with E-state index in [2.05, 4.69) is 10.4 Å². The van der Waals surface area contributed by atoms with Crippen LogP contribution in [0.3, 0.4) is 0 Å². The predicted molar refractivity (Wildman–Crippen MR) is 94.9 cm³/mol. The smallest absolute Gasteiger partial charge is 0.329 e. The summed E-state index contributed by atoms with van der Waals surface area (Å²) in [6, 6.07) is 10.7. The number of anilines is 1. The van der Waals surface area contributed by atoms with Gasteiger partial charge in [0.1, 0.15) is 0 Å². The van der Waals surface area contributed by atoms with Crippen molar-refractivity contribution < 1.29 is 19.6 Å². The number of amides is 2. The summed E-state index contributed by atoms with van der Waals surface area (Å²) in [5, 5.41) is 26.2. The second-order valence-electron chi connectivity index (χ2n) is 5.17. The molecule has 0 radical (unpaired) electrons. The van der Waals surface area contributed by atoms with Crippen LogP contribution in [-0.2, 0) is 16.0 Å². The van der Waals surface area contributed by atoms with Gasteiger partial charge in [0.05, 0.1) is 11.1 Å². The maximum Gasteiger partial charge on any atom is 0.329 e. The Morgan fingerprint density at radius 1 is 1.23 bits per heavy atom. The average Bonchev–Trinajstić information content (AvgIpc) is 2.63. The number of rotatable bonds is 5. The molecule has 3 N–H and O–H groups in total. The topological polar surface area (TPSA) is 134 Å². The number of nitro benzene ring substituents is 1. The van der Waals surface area contributed by atoms with E-state index in [9.17, 15) is 24.8 Å². The Morgan fingerprint density at radius 3 is 2.65 bits per heavy atom. The van der Waals surface area contributed by atoms with Crippen molar-refractivity contribution in [1.82, 2.24) is 5.43 Å². The van der Waals surface area contributed by atoms with E-state index in [4.69, 9.17) is 0 Å². The Kier molecular flexibility index (Phi) is 5.99. The zero-order valence-corrected chi connectivity index (χ0v) is 13.8. The lowest BCUT2D eigenvalue weighted by atomic mass is 10.1. The number of carbonyl (C=O) groups is 2. The molecule has 2 aromatic rings. The molecule has 9 heteroatoms. The number of aromatic hydroxyl groups is 1. The first-order valence-corrected chi connectivity index (χ1v) is 7.62.